The van der Waals surface area contributed by atoms with E-state index in [9.17, 15) is 0 Å². The molecule has 0 atom stereocenters. The Morgan fingerprint density at radius 2 is 2.06 bits per heavy atom. The van der Waals surface area contributed by atoms with E-state index in [4.69, 9.17) is 21.8 Å². The molecule has 100 valence electrons. The largest absolute Gasteiger partial charge is 0.367 e. The zero-order chi connectivity index (χ0) is 13.1. The summed E-state index contributed by atoms with van der Waals surface area (Å²) in [5.74, 6) is 0.827. The molecular weight excluding hydrogens is 240 g/mol. The van der Waals surface area contributed by atoms with Crippen LogP contribution in [0.2, 0.25) is 0 Å². The first-order valence-corrected chi connectivity index (χ1v) is 6.60. The SMILES string of the molecule is CCCCCCl.CCc1cnn(CC(O)O)c1. The zero-order valence-corrected chi connectivity index (χ0v) is 11.4. The van der Waals surface area contributed by atoms with E-state index >= 15 is 0 Å². The van der Waals surface area contributed by atoms with Crippen LogP contribution < -0.4 is 0 Å². The van der Waals surface area contributed by atoms with E-state index in [1.165, 1.54) is 23.9 Å². The van der Waals surface area contributed by atoms with Crippen LogP contribution in [0.25, 0.3) is 0 Å². The average molecular weight is 263 g/mol. The van der Waals surface area contributed by atoms with Gasteiger partial charge in [0.05, 0.1) is 12.7 Å². The van der Waals surface area contributed by atoms with Crippen molar-refractivity contribution in [2.24, 2.45) is 0 Å². The maximum atomic E-state index is 8.58. The monoisotopic (exact) mass is 262 g/mol. The third kappa shape index (κ3) is 9.15. The molecule has 1 rings (SSSR count). The molecule has 0 bridgehead atoms. The molecule has 0 fully saturated rings. The van der Waals surface area contributed by atoms with E-state index in [0.717, 1.165) is 17.9 Å². The van der Waals surface area contributed by atoms with Crippen LogP contribution in [0.15, 0.2) is 12.4 Å². The summed E-state index contributed by atoms with van der Waals surface area (Å²) < 4.78 is 1.52. The zero-order valence-electron chi connectivity index (χ0n) is 10.6. The molecule has 4 nitrogen and oxygen atoms in total. The topological polar surface area (TPSA) is 58.3 Å². The van der Waals surface area contributed by atoms with Gasteiger partial charge in [0, 0.05) is 12.1 Å². The fourth-order valence-corrected chi connectivity index (χ4v) is 1.39. The number of nitrogens with zero attached hydrogens (tertiary/aromatic N) is 2. The molecule has 0 aliphatic heterocycles. The van der Waals surface area contributed by atoms with Gasteiger partial charge < -0.3 is 10.2 Å². The minimum absolute atomic E-state index is 0.139. The normalized spacial score (nSPS) is 10.2. The van der Waals surface area contributed by atoms with Gasteiger partial charge in [0.1, 0.15) is 0 Å². The molecule has 0 unspecified atom stereocenters. The molecule has 0 saturated carbocycles. The number of aromatic nitrogens is 2. The first kappa shape index (κ1) is 16.4. The number of aliphatic hydroxyl groups excluding tert-OH is 1. The Morgan fingerprint density at radius 1 is 1.35 bits per heavy atom. The maximum absolute atomic E-state index is 8.58. The van der Waals surface area contributed by atoms with Gasteiger partial charge in [-0.1, -0.05) is 26.7 Å². The molecular formula is C12H23ClN2O2. The van der Waals surface area contributed by atoms with Crippen molar-refractivity contribution < 1.29 is 10.2 Å². The molecule has 0 saturated heterocycles. The van der Waals surface area contributed by atoms with E-state index in [-0.39, 0.29) is 6.54 Å². The third-order valence-corrected chi connectivity index (χ3v) is 2.45. The number of hydrogen-bond donors (Lipinski definition) is 2. The standard InChI is InChI=1S/C7H12N2O2.C5H11Cl/c1-2-6-3-8-9(4-6)5-7(10)11;1-2-3-4-5-6/h3-4,7,10-11H,2,5H2,1H3;2-5H2,1H3. The van der Waals surface area contributed by atoms with Crippen LogP contribution in [0.3, 0.4) is 0 Å². The van der Waals surface area contributed by atoms with E-state index in [0.29, 0.717) is 0 Å². The van der Waals surface area contributed by atoms with Crippen LogP contribution in [-0.2, 0) is 13.0 Å². The molecule has 0 aromatic carbocycles. The molecule has 5 heteroatoms. The van der Waals surface area contributed by atoms with Gasteiger partial charge in [-0.05, 0) is 18.4 Å². The van der Waals surface area contributed by atoms with Gasteiger partial charge in [-0.2, -0.15) is 5.10 Å². The molecule has 1 aromatic rings. The second kappa shape index (κ2) is 10.6. The first-order valence-electron chi connectivity index (χ1n) is 6.07. The highest BCUT2D eigenvalue weighted by Gasteiger charge is 2.00. The van der Waals surface area contributed by atoms with E-state index in [1.54, 1.807) is 12.4 Å². The summed E-state index contributed by atoms with van der Waals surface area (Å²) >= 11 is 5.38. The molecule has 0 spiro atoms. The predicted molar refractivity (Wildman–Crippen MR) is 70.1 cm³/mol. The van der Waals surface area contributed by atoms with Gasteiger partial charge in [-0.15, -0.1) is 11.6 Å². The van der Waals surface area contributed by atoms with Crippen molar-refractivity contribution >= 4 is 11.6 Å². The highest BCUT2D eigenvalue weighted by molar-refractivity contribution is 6.17. The number of unbranched alkanes of at least 4 members (excludes halogenated alkanes) is 2. The number of hydrogen-bond acceptors (Lipinski definition) is 3. The summed E-state index contributed by atoms with van der Waals surface area (Å²) in [6, 6.07) is 0. The van der Waals surface area contributed by atoms with E-state index in [1.807, 2.05) is 6.92 Å². The molecule has 0 amide bonds. The minimum atomic E-state index is -1.32. The van der Waals surface area contributed by atoms with Crippen molar-refractivity contribution in [2.45, 2.75) is 52.4 Å². The predicted octanol–water partition coefficient (Wildman–Crippen LogP) is 2.17. The molecule has 0 radical (unpaired) electrons. The van der Waals surface area contributed by atoms with Gasteiger partial charge in [-0.25, -0.2) is 0 Å². The van der Waals surface area contributed by atoms with Crippen LogP contribution in [0.4, 0.5) is 0 Å². The average Bonchev–Trinajstić information content (AvgIpc) is 2.74. The Labute approximate surface area is 108 Å². The Morgan fingerprint density at radius 3 is 2.41 bits per heavy atom. The van der Waals surface area contributed by atoms with Gasteiger partial charge in [0.2, 0.25) is 0 Å². The molecule has 2 N–H and O–H groups in total. The lowest BCUT2D eigenvalue weighted by Crippen LogP contribution is -2.14. The lowest BCUT2D eigenvalue weighted by atomic mass is 10.3. The van der Waals surface area contributed by atoms with Crippen molar-refractivity contribution in [3.63, 3.8) is 0 Å². The fraction of sp³-hybridized carbons (Fsp3) is 0.750. The highest BCUT2D eigenvalue weighted by Crippen LogP contribution is 1.98. The third-order valence-electron chi connectivity index (χ3n) is 2.18. The minimum Gasteiger partial charge on any atom is -0.367 e. The number of halogens is 1. The second-order valence-corrected chi connectivity index (χ2v) is 4.18. The van der Waals surface area contributed by atoms with Crippen LogP contribution in [0.5, 0.6) is 0 Å². The Bertz CT molecular complexity index is 273. The molecule has 17 heavy (non-hydrogen) atoms. The summed E-state index contributed by atoms with van der Waals surface area (Å²) in [4.78, 5) is 0. The Balaban J connectivity index is 0.000000366. The molecule has 0 aliphatic rings. The van der Waals surface area contributed by atoms with E-state index in [2.05, 4.69) is 12.0 Å². The van der Waals surface area contributed by atoms with Gasteiger partial charge in [0.15, 0.2) is 6.29 Å². The van der Waals surface area contributed by atoms with Crippen molar-refractivity contribution in [1.29, 1.82) is 0 Å². The summed E-state index contributed by atoms with van der Waals surface area (Å²) in [5, 5.41) is 21.1. The van der Waals surface area contributed by atoms with Crippen LogP contribution in [0.1, 0.15) is 38.7 Å². The Kier molecular flexibility index (Phi) is 10.2. The van der Waals surface area contributed by atoms with Gasteiger partial charge in [0.25, 0.3) is 0 Å². The number of rotatable bonds is 6. The Hall–Kier alpha value is -0.580. The second-order valence-electron chi connectivity index (χ2n) is 3.80. The maximum Gasteiger partial charge on any atom is 0.171 e. The summed E-state index contributed by atoms with van der Waals surface area (Å²) in [6.07, 6.45) is 6.86. The van der Waals surface area contributed by atoms with Gasteiger partial charge in [-0.3, -0.25) is 4.68 Å². The summed E-state index contributed by atoms with van der Waals surface area (Å²) in [5.41, 5.74) is 1.10. The van der Waals surface area contributed by atoms with Crippen molar-refractivity contribution in [2.75, 3.05) is 5.88 Å². The summed E-state index contributed by atoms with van der Waals surface area (Å²) in [6.45, 7) is 4.34. The summed E-state index contributed by atoms with van der Waals surface area (Å²) in [7, 11) is 0. The van der Waals surface area contributed by atoms with E-state index < -0.39 is 6.29 Å². The number of aliphatic hydroxyl groups is 2. The van der Waals surface area contributed by atoms with Crippen molar-refractivity contribution in [3.05, 3.63) is 18.0 Å². The first-order chi connectivity index (χ1) is 8.13. The number of aryl methyl sites for hydroxylation is 1. The molecule has 1 heterocycles. The van der Waals surface area contributed by atoms with Gasteiger partial charge >= 0.3 is 0 Å². The highest BCUT2D eigenvalue weighted by atomic mass is 35.5. The van der Waals surface area contributed by atoms with Crippen LogP contribution in [-0.4, -0.2) is 32.2 Å². The number of alkyl halides is 1. The molecule has 0 aliphatic carbocycles. The molecule has 1 aromatic heterocycles. The quantitative estimate of drug-likeness (QED) is 0.469. The fourth-order valence-electron chi connectivity index (χ4n) is 1.20. The van der Waals surface area contributed by atoms with Crippen molar-refractivity contribution in [3.8, 4) is 0 Å². The smallest absolute Gasteiger partial charge is 0.171 e. The van der Waals surface area contributed by atoms with Crippen molar-refractivity contribution in [1.82, 2.24) is 9.78 Å². The van der Waals surface area contributed by atoms with Crippen LogP contribution >= 0.6 is 11.6 Å². The van der Waals surface area contributed by atoms with Crippen LogP contribution in [0, 0.1) is 0 Å². The lowest BCUT2D eigenvalue weighted by Gasteiger charge is -2.01. The lowest BCUT2D eigenvalue weighted by molar-refractivity contribution is -0.0534.